The number of hydrogen-bond acceptors (Lipinski definition) is 6. The molecule has 5 rings (SSSR count). The third kappa shape index (κ3) is 4.45. The van der Waals surface area contributed by atoms with Crippen LogP contribution in [0.1, 0.15) is 46.0 Å². The molecular weight excluding hydrogens is 460 g/mol. The lowest BCUT2D eigenvalue weighted by Crippen LogP contribution is -2.35. The van der Waals surface area contributed by atoms with Crippen LogP contribution in [-0.2, 0) is 16.0 Å². The Morgan fingerprint density at radius 1 is 1.19 bits per heavy atom. The summed E-state index contributed by atoms with van der Waals surface area (Å²) in [6.45, 7) is 4.64. The average Bonchev–Trinajstić information content (AvgIpc) is 3.39. The minimum absolute atomic E-state index is 0.0255. The summed E-state index contributed by atoms with van der Waals surface area (Å²) in [4.78, 5) is 48.8. The van der Waals surface area contributed by atoms with Crippen LogP contribution in [0.25, 0.3) is 16.7 Å². The molecule has 36 heavy (non-hydrogen) atoms. The molecule has 0 unspecified atom stereocenters. The molecule has 0 aliphatic carbocycles. The number of aryl methyl sites for hydroxylation is 1. The van der Waals surface area contributed by atoms with E-state index in [0.717, 1.165) is 18.4 Å². The molecule has 1 aliphatic heterocycles. The molecule has 1 amide bonds. The highest BCUT2D eigenvalue weighted by atomic mass is 16.5. The normalized spacial score (nSPS) is 16.1. The van der Waals surface area contributed by atoms with E-state index < -0.39 is 11.9 Å². The van der Waals surface area contributed by atoms with Crippen molar-refractivity contribution >= 4 is 28.6 Å². The molecular formula is C27H26N4O5. The van der Waals surface area contributed by atoms with Crippen molar-refractivity contribution in [3.63, 3.8) is 0 Å². The Morgan fingerprint density at radius 2 is 2.00 bits per heavy atom. The van der Waals surface area contributed by atoms with E-state index in [1.807, 2.05) is 19.1 Å². The zero-order chi connectivity index (χ0) is 25.2. The standard InChI is InChI=1S/C27H26N4O5/c1-3-35-27(34)21-15-20-23(28-22-8-4-5-13-30(22)26(20)33)31(16-19-7-6-14-36-19)24(21)29-25(32)18-11-9-17(2)10-12-18/h4-5,8-13,15,19H,3,6-7,14,16H2,1-2H3/t19-/m1/s1. The number of benzene rings is 1. The maximum absolute atomic E-state index is 13.4. The van der Waals surface area contributed by atoms with Gasteiger partial charge >= 0.3 is 5.97 Å². The maximum atomic E-state index is 13.4. The molecule has 3 aromatic heterocycles. The van der Waals surface area contributed by atoms with E-state index in [1.54, 1.807) is 48.0 Å². The molecule has 0 spiro atoms. The smallest absolute Gasteiger partial charge is 0.341 e. The summed E-state index contributed by atoms with van der Waals surface area (Å²) in [7, 11) is 0. The van der Waals surface area contributed by atoms with Crippen LogP contribution in [0.5, 0.6) is 0 Å². The second-order valence-corrected chi connectivity index (χ2v) is 8.71. The number of nitrogens with zero attached hydrogens (tertiary/aromatic N) is 4. The van der Waals surface area contributed by atoms with E-state index >= 15 is 0 Å². The summed E-state index contributed by atoms with van der Waals surface area (Å²) in [6, 6.07) is 13.7. The Morgan fingerprint density at radius 3 is 2.72 bits per heavy atom. The summed E-state index contributed by atoms with van der Waals surface area (Å²) in [5.74, 6) is -1.19. The SMILES string of the molecule is CCOC(=O)c1cc2c(=O)n3ccccc3nc2n(C[C@H]2CCCO2)c1=NC(=O)c1ccc(C)cc1. The zero-order valence-electron chi connectivity index (χ0n) is 20.1. The van der Waals surface area contributed by atoms with Crippen molar-refractivity contribution in [2.45, 2.75) is 39.3 Å². The van der Waals surface area contributed by atoms with E-state index in [0.29, 0.717) is 23.5 Å². The third-order valence-corrected chi connectivity index (χ3v) is 6.20. The van der Waals surface area contributed by atoms with Gasteiger partial charge in [-0.3, -0.25) is 14.0 Å². The fraction of sp³-hybridized carbons (Fsp3) is 0.296. The number of rotatable bonds is 5. The number of hydrogen-bond donors (Lipinski definition) is 0. The number of amides is 1. The van der Waals surface area contributed by atoms with Crippen molar-refractivity contribution in [1.82, 2.24) is 14.0 Å². The van der Waals surface area contributed by atoms with Gasteiger partial charge in [0.2, 0.25) is 0 Å². The van der Waals surface area contributed by atoms with Gasteiger partial charge in [-0.25, -0.2) is 9.78 Å². The van der Waals surface area contributed by atoms with E-state index in [1.165, 1.54) is 10.5 Å². The topological polar surface area (TPSA) is 104 Å². The number of fused-ring (bicyclic) bond motifs is 2. The molecule has 4 heterocycles. The lowest BCUT2D eigenvalue weighted by atomic mass is 10.1. The number of carbonyl (C=O) groups excluding carboxylic acids is 2. The van der Waals surface area contributed by atoms with Gasteiger partial charge < -0.3 is 14.0 Å². The predicted molar refractivity (Wildman–Crippen MR) is 133 cm³/mol. The molecule has 9 nitrogen and oxygen atoms in total. The third-order valence-electron chi connectivity index (χ3n) is 6.20. The van der Waals surface area contributed by atoms with Gasteiger partial charge in [0.25, 0.3) is 11.5 Å². The van der Waals surface area contributed by atoms with Gasteiger partial charge in [-0.05, 0) is 57.0 Å². The average molecular weight is 487 g/mol. The molecule has 0 N–H and O–H groups in total. The Labute approximate surface area is 206 Å². The fourth-order valence-electron chi connectivity index (χ4n) is 4.38. The zero-order valence-corrected chi connectivity index (χ0v) is 20.1. The Kier molecular flexibility index (Phi) is 6.47. The van der Waals surface area contributed by atoms with Crippen molar-refractivity contribution in [2.24, 2.45) is 4.99 Å². The van der Waals surface area contributed by atoms with Crippen LogP contribution in [-0.4, -0.2) is 45.1 Å². The predicted octanol–water partition coefficient (Wildman–Crippen LogP) is 3.05. The van der Waals surface area contributed by atoms with Crippen LogP contribution >= 0.6 is 0 Å². The van der Waals surface area contributed by atoms with Crippen LogP contribution in [0.15, 0.2) is 64.5 Å². The van der Waals surface area contributed by atoms with E-state index in [9.17, 15) is 14.4 Å². The lowest BCUT2D eigenvalue weighted by molar-refractivity contribution is 0.0521. The lowest BCUT2D eigenvalue weighted by Gasteiger charge is -2.18. The minimum atomic E-state index is -0.673. The molecule has 4 aromatic rings. The van der Waals surface area contributed by atoms with Crippen LogP contribution in [0.4, 0.5) is 0 Å². The number of ether oxygens (including phenoxy) is 2. The highest BCUT2D eigenvalue weighted by Crippen LogP contribution is 2.17. The molecule has 1 fully saturated rings. The van der Waals surface area contributed by atoms with Crippen molar-refractivity contribution in [2.75, 3.05) is 13.2 Å². The molecule has 0 bridgehead atoms. The van der Waals surface area contributed by atoms with Crippen molar-refractivity contribution < 1.29 is 19.1 Å². The van der Waals surface area contributed by atoms with Gasteiger partial charge in [-0.1, -0.05) is 23.8 Å². The van der Waals surface area contributed by atoms with Crippen LogP contribution in [0.3, 0.4) is 0 Å². The first-order chi connectivity index (χ1) is 17.5. The van der Waals surface area contributed by atoms with Crippen molar-refractivity contribution in [3.05, 3.63) is 87.3 Å². The van der Waals surface area contributed by atoms with Crippen molar-refractivity contribution in [3.8, 4) is 0 Å². The van der Waals surface area contributed by atoms with Crippen LogP contribution < -0.4 is 11.0 Å². The van der Waals surface area contributed by atoms with Gasteiger partial charge in [-0.2, -0.15) is 4.99 Å². The number of carbonyl (C=O) groups is 2. The van der Waals surface area contributed by atoms with Crippen LogP contribution in [0, 0.1) is 6.92 Å². The van der Waals surface area contributed by atoms with E-state index in [2.05, 4.69) is 4.99 Å². The van der Waals surface area contributed by atoms with Crippen molar-refractivity contribution in [1.29, 1.82) is 0 Å². The quantitative estimate of drug-likeness (QED) is 0.317. The highest BCUT2D eigenvalue weighted by molar-refractivity contribution is 5.97. The first-order valence-corrected chi connectivity index (χ1v) is 12.0. The Bertz CT molecular complexity index is 1600. The second kappa shape index (κ2) is 9.87. The number of pyridine rings is 2. The summed E-state index contributed by atoms with van der Waals surface area (Å²) >= 11 is 0. The van der Waals surface area contributed by atoms with E-state index in [4.69, 9.17) is 14.5 Å². The van der Waals surface area contributed by atoms with E-state index in [-0.39, 0.29) is 41.3 Å². The Hall–Kier alpha value is -4.11. The molecule has 184 valence electrons. The number of aromatic nitrogens is 3. The van der Waals surface area contributed by atoms with Gasteiger partial charge in [0.05, 0.1) is 24.6 Å². The largest absolute Gasteiger partial charge is 0.462 e. The van der Waals surface area contributed by atoms with Gasteiger partial charge in [0.15, 0.2) is 5.49 Å². The molecule has 0 saturated carbocycles. The van der Waals surface area contributed by atoms with Crippen LogP contribution in [0.2, 0.25) is 0 Å². The minimum Gasteiger partial charge on any atom is -0.462 e. The Balaban J connectivity index is 1.85. The second-order valence-electron chi connectivity index (χ2n) is 8.71. The monoisotopic (exact) mass is 486 g/mol. The molecule has 1 atom stereocenters. The number of esters is 1. The molecule has 1 aliphatic rings. The molecule has 9 heteroatoms. The summed E-state index contributed by atoms with van der Waals surface area (Å²) < 4.78 is 14.2. The fourth-order valence-corrected chi connectivity index (χ4v) is 4.38. The first-order valence-electron chi connectivity index (χ1n) is 12.0. The summed E-state index contributed by atoms with van der Waals surface area (Å²) in [5, 5.41) is 0.224. The summed E-state index contributed by atoms with van der Waals surface area (Å²) in [5.41, 5.74) is 1.94. The van der Waals surface area contributed by atoms with Gasteiger partial charge in [0, 0.05) is 18.4 Å². The molecule has 1 saturated heterocycles. The first kappa shape index (κ1) is 23.6. The molecule has 0 radical (unpaired) electrons. The summed E-state index contributed by atoms with van der Waals surface area (Å²) in [6.07, 6.45) is 3.15. The highest BCUT2D eigenvalue weighted by Gasteiger charge is 2.24. The van der Waals surface area contributed by atoms with Gasteiger partial charge in [-0.15, -0.1) is 0 Å². The molecule has 1 aromatic carbocycles. The maximum Gasteiger partial charge on any atom is 0.341 e. The van der Waals surface area contributed by atoms with Gasteiger partial charge in [0.1, 0.15) is 16.9 Å².